The van der Waals surface area contributed by atoms with Crippen LogP contribution in [0, 0.1) is 0 Å². The third-order valence-corrected chi connectivity index (χ3v) is 8.93. The van der Waals surface area contributed by atoms with Crippen molar-refractivity contribution in [3.63, 3.8) is 0 Å². The number of anilines is 1. The van der Waals surface area contributed by atoms with Crippen LogP contribution >= 0.6 is 11.6 Å². The minimum Gasteiger partial charge on any atom is -0.481 e. The van der Waals surface area contributed by atoms with Gasteiger partial charge in [0.15, 0.2) is 0 Å². The molecule has 1 atom stereocenters. The number of nitrogens with one attached hydrogen (secondary N) is 2. The molecule has 0 radical (unpaired) electrons. The molecule has 0 aromatic heterocycles. The van der Waals surface area contributed by atoms with Gasteiger partial charge in [-0.25, -0.2) is 0 Å². The van der Waals surface area contributed by atoms with Gasteiger partial charge in [-0.2, -0.15) is 0 Å². The molecule has 1 aliphatic rings. The SMILES string of the molecule is O=C(O)CC(NC(=O)c1cc(Cl)ccc1NCc1ccc2ccccc2c1)c1ccc(-c2ccccc2CN2CCCCC2)cc1. The minimum atomic E-state index is -0.998. The fourth-order valence-electron chi connectivity index (χ4n) is 6.26. The predicted octanol–water partition coefficient (Wildman–Crippen LogP) is 8.70. The lowest BCUT2D eigenvalue weighted by molar-refractivity contribution is -0.137. The van der Waals surface area contributed by atoms with Crippen LogP contribution in [0.25, 0.3) is 21.9 Å². The van der Waals surface area contributed by atoms with Crippen LogP contribution in [0.1, 0.15) is 58.8 Å². The third kappa shape index (κ3) is 7.76. The van der Waals surface area contributed by atoms with Crippen molar-refractivity contribution in [2.24, 2.45) is 0 Å². The number of carboxylic acids is 1. The Bertz CT molecular complexity index is 1830. The summed E-state index contributed by atoms with van der Waals surface area (Å²) in [7, 11) is 0. The molecule has 0 bridgehead atoms. The highest BCUT2D eigenvalue weighted by molar-refractivity contribution is 6.31. The molecule has 0 spiro atoms. The van der Waals surface area contributed by atoms with Gasteiger partial charge in [-0.05, 0) is 88.8 Å². The molecule has 1 heterocycles. The fraction of sp³-hybridized carbons (Fsp3) is 0.231. The molecule has 0 aliphatic carbocycles. The van der Waals surface area contributed by atoms with Gasteiger partial charge in [0, 0.05) is 23.8 Å². The average molecular weight is 632 g/mol. The molecule has 234 valence electrons. The van der Waals surface area contributed by atoms with E-state index in [0.717, 1.165) is 47.1 Å². The maximum absolute atomic E-state index is 13.7. The van der Waals surface area contributed by atoms with Crippen molar-refractivity contribution < 1.29 is 14.7 Å². The van der Waals surface area contributed by atoms with Crippen LogP contribution in [-0.2, 0) is 17.9 Å². The Morgan fingerprint density at radius 3 is 2.33 bits per heavy atom. The monoisotopic (exact) mass is 631 g/mol. The number of piperidine rings is 1. The van der Waals surface area contributed by atoms with Crippen molar-refractivity contribution in [2.45, 2.75) is 44.8 Å². The van der Waals surface area contributed by atoms with Gasteiger partial charge >= 0.3 is 5.97 Å². The topological polar surface area (TPSA) is 81.7 Å². The first-order valence-corrected chi connectivity index (χ1v) is 16.2. The smallest absolute Gasteiger partial charge is 0.305 e. The van der Waals surface area contributed by atoms with Crippen molar-refractivity contribution in [3.8, 4) is 11.1 Å². The van der Waals surface area contributed by atoms with E-state index < -0.39 is 17.9 Å². The molecule has 0 saturated carbocycles. The lowest BCUT2D eigenvalue weighted by Gasteiger charge is -2.27. The first-order valence-electron chi connectivity index (χ1n) is 15.9. The molecule has 1 aliphatic heterocycles. The zero-order valence-corrected chi connectivity index (χ0v) is 26.5. The van der Waals surface area contributed by atoms with Crippen molar-refractivity contribution in [3.05, 3.63) is 136 Å². The Hall–Kier alpha value is -4.65. The molecule has 5 aromatic rings. The van der Waals surface area contributed by atoms with E-state index in [0.29, 0.717) is 22.8 Å². The van der Waals surface area contributed by atoms with Gasteiger partial charge in [0.2, 0.25) is 0 Å². The van der Waals surface area contributed by atoms with Gasteiger partial charge < -0.3 is 15.7 Å². The van der Waals surface area contributed by atoms with Crippen molar-refractivity contribution in [1.29, 1.82) is 0 Å². The molecule has 3 N–H and O–H groups in total. The second-order valence-corrected chi connectivity index (χ2v) is 12.4. The lowest BCUT2D eigenvalue weighted by Crippen LogP contribution is -2.30. The van der Waals surface area contributed by atoms with E-state index in [2.05, 4.69) is 64.1 Å². The maximum Gasteiger partial charge on any atom is 0.305 e. The summed E-state index contributed by atoms with van der Waals surface area (Å²) in [5.74, 6) is -1.40. The van der Waals surface area contributed by atoms with Gasteiger partial charge in [-0.3, -0.25) is 14.5 Å². The van der Waals surface area contributed by atoms with Crippen LogP contribution in [0.4, 0.5) is 5.69 Å². The quantitative estimate of drug-likeness (QED) is 0.136. The molecule has 46 heavy (non-hydrogen) atoms. The third-order valence-electron chi connectivity index (χ3n) is 8.69. The van der Waals surface area contributed by atoms with E-state index in [1.165, 1.54) is 30.4 Å². The number of aliphatic carboxylic acids is 1. The number of hydrogen-bond acceptors (Lipinski definition) is 4. The molecule has 1 saturated heterocycles. The molecular formula is C39H38ClN3O3. The first kappa shape index (κ1) is 31.3. The van der Waals surface area contributed by atoms with E-state index in [9.17, 15) is 14.7 Å². The van der Waals surface area contributed by atoms with Crippen molar-refractivity contribution in [2.75, 3.05) is 18.4 Å². The summed E-state index contributed by atoms with van der Waals surface area (Å²) in [6, 6.07) is 35.1. The number of carbonyl (C=O) groups excluding carboxylic acids is 1. The number of nitrogens with zero attached hydrogens (tertiary/aromatic N) is 1. The van der Waals surface area contributed by atoms with E-state index in [1.807, 2.05) is 42.5 Å². The molecule has 1 fully saturated rings. The minimum absolute atomic E-state index is 0.253. The van der Waals surface area contributed by atoms with Crippen LogP contribution in [0.5, 0.6) is 0 Å². The summed E-state index contributed by atoms with van der Waals surface area (Å²) >= 11 is 6.33. The zero-order chi connectivity index (χ0) is 31.9. The molecule has 5 aromatic carbocycles. The Labute approximate surface area is 275 Å². The summed E-state index contributed by atoms with van der Waals surface area (Å²) in [5, 5.41) is 18.8. The van der Waals surface area contributed by atoms with E-state index in [4.69, 9.17) is 11.6 Å². The Balaban J connectivity index is 1.19. The number of benzene rings is 5. The number of hydrogen-bond donors (Lipinski definition) is 3. The Kier molecular flexibility index (Phi) is 9.97. The number of amides is 1. The molecule has 1 unspecified atom stereocenters. The van der Waals surface area contributed by atoms with E-state index in [1.54, 1.807) is 18.2 Å². The molecule has 6 nitrogen and oxygen atoms in total. The summed E-state index contributed by atoms with van der Waals surface area (Å²) in [5.41, 5.74) is 6.27. The number of likely N-dealkylation sites (tertiary alicyclic amines) is 1. The average Bonchev–Trinajstić information content (AvgIpc) is 3.08. The molecular weight excluding hydrogens is 594 g/mol. The van der Waals surface area contributed by atoms with E-state index >= 15 is 0 Å². The summed E-state index contributed by atoms with van der Waals surface area (Å²) < 4.78 is 0. The summed E-state index contributed by atoms with van der Waals surface area (Å²) in [4.78, 5) is 28.1. The number of rotatable bonds is 11. The van der Waals surface area contributed by atoms with Gasteiger partial charge in [0.25, 0.3) is 5.91 Å². The second kappa shape index (κ2) is 14.6. The highest BCUT2D eigenvalue weighted by Gasteiger charge is 2.22. The van der Waals surface area contributed by atoms with Crippen LogP contribution < -0.4 is 10.6 Å². The van der Waals surface area contributed by atoms with Crippen LogP contribution in [0.3, 0.4) is 0 Å². The highest BCUT2D eigenvalue weighted by Crippen LogP contribution is 2.29. The number of fused-ring (bicyclic) bond motifs is 1. The van der Waals surface area contributed by atoms with Gasteiger partial charge in [-0.1, -0.05) is 103 Å². The normalized spacial score (nSPS) is 14.1. The molecule has 7 heteroatoms. The van der Waals surface area contributed by atoms with Crippen LogP contribution in [0.15, 0.2) is 109 Å². The predicted molar refractivity (Wildman–Crippen MR) is 186 cm³/mol. The fourth-order valence-corrected chi connectivity index (χ4v) is 6.43. The Morgan fingerprint density at radius 2 is 1.54 bits per heavy atom. The van der Waals surface area contributed by atoms with Crippen molar-refractivity contribution in [1.82, 2.24) is 10.2 Å². The Morgan fingerprint density at radius 1 is 0.804 bits per heavy atom. The maximum atomic E-state index is 13.7. The second-order valence-electron chi connectivity index (χ2n) is 12.0. The number of halogens is 1. The first-order chi connectivity index (χ1) is 22.4. The van der Waals surface area contributed by atoms with Gasteiger partial charge in [0.05, 0.1) is 18.0 Å². The number of carboxylic acid groups (broad SMARTS) is 1. The standard InChI is InChI=1S/C39H38ClN3O3/c40-33-18-19-36(41-25-27-12-13-28-8-2-3-9-31(28)22-27)35(23-33)39(46)42-37(24-38(44)45)30-16-14-29(15-17-30)34-11-5-4-10-32(34)26-43-20-6-1-7-21-43/h2-5,8-19,22-23,37,41H,1,6-7,20-21,24-26H2,(H,42,46)(H,44,45). The largest absolute Gasteiger partial charge is 0.481 e. The zero-order valence-electron chi connectivity index (χ0n) is 25.7. The highest BCUT2D eigenvalue weighted by atomic mass is 35.5. The van der Waals surface area contributed by atoms with Crippen LogP contribution in [0.2, 0.25) is 5.02 Å². The van der Waals surface area contributed by atoms with Gasteiger partial charge in [0.1, 0.15) is 0 Å². The lowest BCUT2D eigenvalue weighted by atomic mass is 9.95. The number of carbonyl (C=O) groups is 2. The van der Waals surface area contributed by atoms with E-state index in [-0.39, 0.29) is 6.42 Å². The van der Waals surface area contributed by atoms with Crippen LogP contribution in [-0.4, -0.2) is 35.0 Å². The van der Waals surface area contributed by atoms with Crippen molar-refractivity contribution >= 4 is 39.9 Å². The molecule has 6 rings (SSSR count). The van der Waals surface area contributed by atoms with Gasteiger partial charge in [-0.15, -0.1) is 0 Å². The molecule has 1 amide bonds. The summed E-state index contributed by atoms with van der Waals surface area (Å²) in [6.45, 7) is 3.66. The summed E-state index contributed by atoms with van der Waals surface area (Å²) in [6.07, 6.45) is 3.53.